The molecule has 0 aliphatic carbocycles. The molecule has 0 amide bonds. The third-order valence-electron chi connectivity index (χ3n) is 10.4. The fourth-order valence-electron chi connectivity index (χ4n) is 8.12. The Kier molecular flexibility index (Phi) is 6.05. The number of hydrogen-bond donors (Lipinski definition) is 2. The molecular formula is C45H31N5O. The van der Waals surface area contributed by atoms with Gasteiger partial charge < -0.3 is 18.9 Å². The second kappa shape index (κ2) is 10.9. The molecule has 6 heteroatoms. The molecule has 242 valence electrons. The first-order chi connectivity index (χ1) is 25.3. The van der Waals surface area contributed by atoms with Crippen molar-refractivity contribution < 1.29 is 4.42 Å². The van der Waals surface area contributed by atoms with Gasteiger partial charge in [-0.05, 0) is 48.0 Å². The van der Waals surface area contributed by atoms with Gasteiger partial charge in [-0.15, -0.1) is 0 Å². The summed E-state index contributed by atoms with van der Waals surface area (Å²) in [6.07, 6.45) is -0.639. The average molecular weight is 658 g/mol. The van der Waals surface area contributed by atoms with Crippen molar-refractivity contribution in [2.24, 2.45) is 4.99 Å². The van der Waals surface area contributed by atoms with Crippen molar-refractivity contribution in [2.75, 3.05) is 0 Å². The number of aliphatic imine (C=N–C) groups is 1. The first kappa shape index (κ1) is 28.2. The molecule has 2 unspecified atom stereocenters. The highest BCUT2D eigenvalue weighted by molar-refractivity contribution is 6.24. The zero-order valence-corrected chi connectivity index (χ0v) is 27.5. The van der Waals surface area contributed by atoms with Crippen LogP contribution in [-0.2, 0) is 0 Å². The normalized spacial score (nSPS) is 16.4. The standard InChI is InChI=1S/C45H31N5O/c1-4-14-28(15-5-1)43-46-44(29-16-6-2-7-17-29)48-45(47-43)50-39-26-35-31-20-10-12-22-37(31)49(30-18-8-3-9-19-30)38(35)27-36(39)33-24-25-34-32-21-11-13-23-40(32)51-42(34)41(33)50/h1-27,43,45,47H,(H,46,48). The molecule has 51 heavy (non-hydrogen) atoms. The van der Waals surface area contributed by atoms with Gasteiger partial charge in [-0.3, -0.25) is 5.32 Å². The third-order valence-corrected chi connectivity index (χ3v) is 10.4. The van der Waals surface area contributed by atoms with Gasteiger partial charge in [0.2, 0.25) is 0 Å². The molecule has 3 aromatic heterocycles. The van der Waals surface area contributed by atoms with E-state index in [1.165, 1.54) is 16.3 Å². The molecule has 0 radical (unpaired) electrons. The zero-order valence-electron chi connectivity index (χ0n) is 27.5. The van der Waals surface area contributed by atoms with Crippen LogP contribution < -0.4 is 10.6 Å². The number of nitrogens with zero attached hydrogens (tertiary/aromatic N) is 3. The van der Waals surface area contributed by atoms with E-state index in [2.05, 4.69) is 165 Å². The Morgan fingerprint density at radius 2 is 1.18 bits per heavy atom. The lowest BCUT2D eigenvalue weighted by molar-refractivity contribution is 0.329. The van der Waals surface area contributed by atoms with E-state index in [1.54, 1.807) is 0 Å². The van der Waals surface area contributed by atoms with E-state index in [0.717, 1.165) is 71.9 Å². The van der Waals surface area contributed by atoms with Crippen molar-refractivity contribution in [2.45, 2.75) is 12.5 Å². The van der Waals surface area contributed by atoms with Crippen LogP contribution in [0.5, 0.6) is 0 Å². The van der Waals surface area contributed by atoms with Crippen LogP contribution in [0.2, 0.25) is 0 Å². The second-order valence-electron chi connectivity index (χ2n) is 13.3. The molecule has 0 saturated carbocycles. The van der Waals surface area contributed by atoms with Gasteiger partial charge in [0.05, 0.1) is 22.1 Å². The molecule has 0 spiro atoms. The van der Waals surface area contributed by atoms with Crippen molar-refractivity contribution in [1.82, 2.24) is 19.8 Å². The van der Waals surface area contributed by atoms with Crippen molar-refractivity contribution in [1.29, 1.82) is 0 Å². The minimum absolute atomic E-state index is 0.279. The van der Waals surface area contributed by atoms with E-state index in [-0.39, 0.29) is 12.5 Å². The van der Waals surface area contributed by atoms with Crippen molar-refractivity contribution in [3.05, 3.63) is 175 Å². The number of fused-ring (bicyclic) bond motifs is 10. The van der Waals surface area contributed by atoms with Gasteiger partial charge in [-0.2, -0.15) is 0 Å². The second-order valence-corrected chi connectivity index (χ2v) is 13.3. The number of hydrogen-bond acceptors (Lipinski definition) is 4. The monoisotopic (exact) mass is 657 g/mol. The Morgan fingerprint density at radius 1 is 0.529 bits per heavy atom. The molecule has 2 N–H and O–H groups in total. The topological polar surface area (TPSA) is 59.4 Å². The zero-order chi connectivity index (χ0) is 33.5. The summed E-state index contributed by atoms with van der Waals surface area (Å²) >= 11 is 0. The predicted molar refractivity (Wildman–Crippen MR) is 209 cm³/mol. The molecular weight excluding hydrogens is 627 g/mol. The third kappa shape index (κ3) is 4.24. The Bertz CT molecular complexity index is 2970. The predicted octanol–water partition coefficient (Wildman–Crippen LogP) is 10.6. The van der Waals surface area contributed by atoms with Crippen molar-refractivity contribution in [3.8, 4) is 5.69 Å². The van der Waals surface area contributed by atoms with Gasteiger partial charge in [-0.25, -0.2) is 4.99 Å². The summed E-state index contributed by atoms with van der Waals surface area (Å²) < 4.78 is 11.6. The summed E-state index contributed by atoms with van der Waals surface area (Å²) in [7, 11) is 0. The van der Waals surface area contributed by atoms with Crippen LogP contribution in [0.4, 0.5) is 0 Å². The Hall–Kier alpha value is -6.63. The molecule has 0 fully saturated rings. The lowest BCUT2D eigenvalue weighted by Gasteiger charge is -2.33. The Balaban J connectivity index is 1.25. The fourth-order valence-corrected chi connectivity index (χ4v) is 8.12. The molecule has 11 rings (SSSR count). The maximum atomic E-state index is 6.78. The van der Waals surface area contributed by atoms with E-state index in [4.69, 9.17) is 9.41 Å². The minimum atomic E-state index is -0.360. The van der Waals surface area contributed by atoms with E-state index in [1.807, 2.05) is 18.2 Å². The lowest BCUT2D eigenvalue weighted by Crippen LogP contribution is -2.47. The van der Waals surface area contributed by atoms with E-state index >= 15 is 0 Å². The highest BCUT2D eigenvalue weighted by Crippen LogP contribution is 2.43. The Labute approximate surface area is 292 Å². The quantitative estimate of drug-likeness (QED) is 0.198. The smallest absolute Gasteiger partial charge is 0.163 e. The van der Waals surface area contributed by atoms with Gasteiger partial charge in [0.1, 0.15) is 17.6 Å². The highest BCUT2D eigenvalue weighted by Gasteiger charge is 2.30. The van der Waals surface area contributed by atoms with Crippen LogP contribution >= 0.6 is 0 Å². The first-order valence-electron chi connectivity index (χ1n) is 17.4. The summed E-state index contributed by atoms with van der Waals surface area (Å²) in [5.41, 5.74) is 9.50. The molecule has 10 aromatic rings. The number of amidine groups is 1. The van der Waals surface area contributed by atoms with Crippen LogP contribution in [0.15, 0.2) is 173 Å². The minimum Gasteiger partial charge on any atom is -0.454 e. The lowest BCUT2D eigenvalue weighted by atomic mass is 10.1. The summed E-state index contributed by atoms with van der Waals surface area (Å²) in [5, 5.41) is 14.6. The SMILES string of the molecule is c1ccc(C2=NC(c3ccccc3)NC(n3c4cc5c6ccccc6n(-c6ccccc6)c5cc4c4ccc5c6ccccc6oc5c43)N2)cc1. The van der Waals surface area contributed by atoms with E-state index < -0.39 is 0 Å². The maximum absolute atomic E-state index is 6.78. The van der Waals surface area contributed by atoms with Crippen molar-refractivity contribution in [3.63, 3.8) is 0 Å². The van der Waals surface area contributed by atoms with Crippen molar-refractivity contribution >= 4 is 71.4 Å². The highest BCUT2D eigenvalue weighted by atomic mass is 16.3. The number of furan rings is 1. The molecule has 7 aromatic carbocycles. The summed E-state index contributed by atoms with van der Waals surface area (Å²) in [6.45, 7) is 0. The van der Waals surface area contributed by atoms with Gasteiger partial charge >= 0.3 is 0 Å². The molecule has 1 aliphatic rings. The largest absolute Gasteiger partial charge is 0.454 e. The maximum Gasteiger partial charge on any atom is 0.163 e. The molecule has 0 bridgehead atoms. The van der Waals surface area contributed by atoms with Crippen LogP contribution in [0, 0.1) is 0 Å². The fraction of sp³-hybridized carbons (Fsp3) is 0.0444. The van der Waals surface area contributed by atoms with E-state index in [0.29, 0.717) is 0 Å². The molecule has 0 saturated heterocycles. The van der Waals surface area contributed by atoms with E-state index in [9.17, 15) is 0 Å². The average Bonchev–Trinajstić information content (AvgIpc) is 3.85. The van der Waals surface area contributed by atoms with Crippen LogP contribution in [-0.4, -0.2) is 15.0 Å². The van der Waals surface area contributed by atoms with Crippen LogP contribution in [0.25, 0.3) is 71.2 Å². The molecule has 1 aliphatic heterocycles. The summed E-state index contributed by atoms with van der Waals surface area (Å²) in [5.74, 6) is 0.835. The molecule has 4 heterocycles. The number of rotatable bonds is 4. The van der Waals surface area contributed by atoms with Crippen LogP contribution in [0.3, 0.4) is 0 Å². The van der Waals surface area contributed by atoms with Gasteiger partial charge in [0.15, 0.2) is 11.9 Å². The summed E-state index contributed by atoms with van der Waals surface area (Å²) in [6, 6.07) is 57.7. The number of para-hydroxylation sites is 3. The Morgan fingerprint density at radius 3 is 2.00 bits per heavy atom. The number of aromatic nitrogens is 2. The first-order valence-corrected chi connectivity index (χ1v) is 17.4. The summed E-state index contributed by atoms with van der Waals surface area (Å²) in [4.78, 5) is 5.22. The number of nitrogens with one attached hydrogen (secondary N) is 2. The van der Waals surface area contributed by atoms with Gasteiger partial charge in [0, 0.05) is 43.6 Å². The van der Waals surface area contributed by atoms with Crippen LogP contribution in [0.1, 0.15) is 23.6 Å². The molecule has 6 nitrogen and oxygen atoms in total. The molecule has 2 atom stereocenters. The van der Waals surface area contributed by atoms with Gasteiger partial charge in [-0.1, -0.05) is 121 Å². The number of benzene rings is 7. The van der Waals surface area contributed by atoms with Gasteiger partial charge in [0.25, 0.3) is 0 Å².